The molecule has 0 saturated carbocycles. The second-order valence-electron chi connectivity index (χ2n) is 7.06. The van der Waals surface area contributed by atoms with Gasteiger partial charge in [-0.3, -0.25) is 9.00 Å². The lowest BCUT2D eigenvalue weighted by atomic mass is 10.1. The number of aryl methyl sites for hydroxylation is 2. The number of carbonyl (C=O) groups excluding carboxylic acids is 1. The van der Waals surface area contributed by atoms with Gasteiger partial charge in [-0.05, 0) is 43.2 Å². The largest absolute Gasteiger partial charge is 0.310 e. The summed E-state index contributed by atoms with van der Waals surface area (Å²) in [6.45, 7) is 4.02. The van der Waals surface area contributed by atoms with Crippen LogP contribution in [0.4, 0.5) is 10.2 Å². The van der Waals surface area contributed by atoms with Gasteiger partial charge in [-0.25, -0.2) is 9.07 Å². The van der Waals surface area contributed by atoms with Crippen LogP contribution in [-0.2, 0) is 33.5 Å². The highest BCUT2D eigenvalue weighted by Crippen LogP contribution is 2.32. The number of fused-ring (bicyclic) bond motifs is 1. The van der Waals surface area contributed by atoms with Crippen LogP contribution in [0.1, 0.15) is 27.9 Å². The summed E-state index contributed by atoms with van der Waals surface area (Å²) in [5.41, 5.74) is 5.36. The van der Waals surface area contributed by atoms with E-state index in [1.165, 1.54) is 12.1 Å². The first-order valence-corrected chi connectivity index (χ1v) is 10.5. The van der Waals surface area contributed by atoms with Crippen LogP contribution < -0.4 is 5.32 Å². The molecule has 3 aromatic rings. The van der Waals surface area contributed by atoms with Gasteiger partial charge >= 0.3 is 0 Å². The third kappa shape index (κ3) is 3.62. The number of hydrogen-bond donors (Lipinski definition) is 1. The summed E-state index contributed by atoms with van der Waals surface area (Å²) in [5, 5.41) is 7.58. The van der Waals surface area contributed by atoms with Crippen LogP contribution in [0, 0.1) is 19.7 Å². The second kappa shape index (κ2) is 7.31. The van der Waals surface area contributed by atoms with Crippen LogP contribution >= 0.6 is 0 Å². The Morgan fingerprint density at radius 2 is 1.93 bits per heavy atom. The number of aromatic nitrogens is 2. The van der Waals surface area contributed by atoms with Crippen molar-refractivity contribution in [1.29, 1.82) is 0 Å². The first kappa shape index (κ1) is 18.6. The smallest absolute Gasteiger partial charge is 0.229 e. The van der Waals surface area contributed by atoms with Crippen molar-refractivity contribution in [3.63, 3.8) is 0 Å². The van der Waals surface area contributed by atoms with Gasteiger partial charge in [-0.15, -0.1) is 0 Å². The molecule has 0 bridgehead atoms. The van der Waals surface area contributed by atoms with E-state index in [9.17, 15) is 13.4 Å². The van der Waals surface area contributed by atoms with E-state index >= 15 is 0 Å². The molecule has 28 heavy (non-hydrogen) atoms. The lowest BCUT2D eigenvalue weighted by molar-refractivity contribution is -0.115. The predicted octanol–water partition coefficient (Wildman–Crippen LogP) is 3.57. The van der Waals surface area contributed by atoms with E-state index in [1.54, 1.807) is 16.8 Å². The Kier molecular flexibility index (Phi) is 4.85. The maximum Gasteiger partial charge on any atom is 0.229 e. The molecule has 1 unspecified atom stereocenters. The molecule has 0 spiro atoms. The van der Waals surface area contributed by atoms with Crippen LogP contribution in [0.2, 0.25) is 0 Å². The first-order valence-electron chi connectivity index (χ1n) is 8.98. The van der Waals surface area contributed by atoms with Crippen molar-refractivity contribution < 1.29 is 13.4 Å². The molecule has 2 aromatic carbocycles. The lowest BCUT2D eigenvalue weighted by Crippen LogP contribution is -2.18. The number of carbonyl (C=O) groups is 1. The average molecular weight is 397 g/mol. The van der Waals surface area contributed by atoms with Gasteiger partial charge in [-0.1, -0.05) is 29.8 Å². The van der Waals surface area contributed by atoms with Crippen molar-refractivity contribution in [3.05, 3.63) is 76.2 Å². The molecular formula is C21H20FN3O2S. The molecule has 1 amide bonds. The Hall–Kier alpha value is -2.80. The average Bonchev–Trinajstić information content (AvgIpc) is 3.14. The van der Waals surface area contributed by atoms with E-state index in [4.69, 9.17) is 0 Å². The fraction of sp³-hybridized carbons (Fsp3) is 0.238. The molecule has 1 N–H and O–H groups in total. The minimum Gasteiger partial charge on any atom is -0.310 e. The topological polar surface area (TPSA) is 64.0 Å². The van der Waals surface area contributed by atoms with Crippen LogP contribution in [0.5, 0.6) is 0 Å². The SMILES string of the molecule is Cc1ccc(-n2nc3c(c2NC(=O)Cc2ccc(F)cc2)CS(=O)C3)c(C)c1. The minimum absolute atomic E-state index is 0.121. The molecule has 1 atom stereocenters. The van der Waals surface area contributed by atoms with Gasteiger partial charge in [-0.2, -0.15) is 5.10 Å². The zero-order chi connectivity index (χ0) is 19.8. The Morgan fingerprint density at radius 3 is 2.64 bits per heavy atom. The van der Waals surface area contributed by atoms with Crippen molar-refractivity contribution in [2.45, 2.75) is 31.8 Å². The van der Waals surface area contributed by atoms with Crippen molar-refractivity contribution >= 4 is 22.5 Å². The number of nitrogens with zero attached hydrogens (tertiary/aromatic N) is 2. The number of hydrogen-bond acceptors (Lipinski definition) is 3. The number of rotatable bonds is 4. The first-order chi connectivity index (χ1) is 13.4. The summed E-state index contributed by atoms with van der Waals surface area (Å²) in [5.74, 6) is 0.788. The molecule has 0 radical (unpaired) electrons. The standard InChI is InChI=1S/C21H20FN3O2S/c1-13-3-8-19(14(2)9-13)25-21(17-11-28(27)12-18(17)24-25)23-20(26)10-15-4-6-16(22)7-5-15/h3-9H,10-12H2,1-2H3,(H,23,26). The third-order valence-electron chi connectivity index (χ3n) is 4.79. The summed E-state index contributed by atoms with van der Waals surface area (Å²) in [4.78, 5) is 12.6. The van der Waals surface area contributed by atoms with Gasteiger partial charge in [0.2, 0.25) is 5.91 Å². The van der Waals surface area contributed by atoms with Gasteiger partial charge in [0.25, 0.3) is 0 Å². The number of amides is 1. The van der Waals surface area contributed by atoms with Crippen LogP contribution in [0.25, 0.3) is 5.69 Å². The monoisotopic (exact) mass is 397 g/mol. The molecule has 0 aliphatic carbocycles. The van der Waals surface area contributed by atoms with Gasteiger partial charge < -0.3 is 5.32 Å². The Morgan fingerprint density at radius 1 is 1.18 bits per heavy atom. The van der Waals surface area contributed by atoms with E-state index in [0.29, 0.717) is 17.3 Å². The van der Waals surface area contributed by atoms with Crippen molar-refractivity contribution in [2.75, 3.05) is 5.32 Å². The van der Waals surface area contributed by atoms with E-state index in [-0.39, 0.29) is 18.1 Å². The van der Waals surface area contributed by atoms with Gasteiger partial charge in [0.15, 0.2) is 0 Å². The quantitative estimate of drug-likeness (QED) is 0.732. The zero-order valence-corrected chi connectivity index (χ0v) is 16.5. The van der Waals surface area contributed by atoms with Crippen LogP contribution in [0.15, 0.2) is 42.5 Å². The number of benzene rings is 2. The number of nitrogens with one attached hydrogen (secondary N) is 1. The second-order valence-corrected chi connectivity index (χ2v) is 8.51. The molecular weight excluding hydrogens is 377 g/mol. The van der Waals surface area contributed by atoms with Crippen molar-refractivity contribution in [3.8, 4) is 5.69 Å². The fourth-order valence-electron chi connectivity index (χ4n) is 3.44. The lowest BCUT2D eigenvalue weighted by Gasteiger charge is -2.13. The highest BCUT2D eigenvalue weighted by Gasteiger charge is 2.28. The van der Waals surface area contributed by atoms with Crippen LogP contribution in [-0.4, -0.2) is 19.9 Å². The molecule has 144 valence electrons. The molecule has 0 saturated heterocycles. The molecule has 5 nitrogen and oxygen atoms in total. The Balaban J connectivity index is 1.68. The Bertz CT molecular complexity index is 1090. The minimum atomic E-state index is -0.996. The predicted molar refractivity (Wildman–Crippen MR) is 107 cm³/mol. The summed E-state index contributed by atoms with van der Waals surface area (Å²) < 4.78 is 26.8. The van der Waals surface area contributed by atoms with E-state index in [1.807, 2.05) is 26.0 Å². The van der Waals surface area contributed by atoms with Gasteiger partial charge in [0, 0.05) is 16.4 Å². The summed E-state index contributed by atoms with van der Waals surface area (Å²) in [6.07, 6.45) is 0.121. The molecule has 4 rings (SSSR count). The molecule has 7 heteroatoms. The van der Waals surface area contributed by atoms with Gasteiger partial charge in [0.05, 0.1) is 29.3 Å². The molecule has 1 aliphatic rings. The number of halogens is 1. The summed E-state index contributed by atoms with van der Waals surface area (Å²) in [7, 11) is -0.996. The zero-order valence-electron chi connectivity index (χ0n) is 15.7. The molecule has 1 aromatic heterocycles. The van der Waals surface area contributed by atoms with Crippen molar-refractivity contribution in [1.82, 2.24) is 9.78 Å². The van der Waals surface area contributed by atoms with E-state index < -0.39 is 10.8 Å². The molecule has 2 heterocycles. The van der Waals surface area contributed by atoms with Crippen LogP contribution in [0.3, 0.4) is 0 Å². The summed E-state index contributed by atoms with van der Waals surface area (Å²) in [6, 6.07) is 11.9. The highest BCUT2D eigenvalue weighted by molar-refractivity contribution is 7.83. The maximum atomic E-state index is 13.1. The van der Waals surface area contributed by atoms with E-state index in [2.05, 4.69) is 16.5 Å². The third-order valence-corrected chi connectivity index (χ3v) is 5.99. The Labute approximate surface area is 165 Å². The normalized spacial score (nSPS) is 15.5. The molecule has 0 fully saturated rings. The summed E-state index contributed by atoms with van der Waals surface area (Å²) >= 11 is 0. The highest BCUT2D eigenvalue weighted by atomic mass is 32.2. The maximum absolute atomic E-state index is 13.1. The fourth-order valence-corrected chi connectivity index (χ4v) is 4.70. The number of anilines is 1. The molecule has 1 aliphatic heterocycles. The van der Waals surface area contributed by atoms with Gasteiger partial charge in [0.1, 0.15) is 11.6 Å². The van der Waals surface area contributed by atoms with E-state index in [0.717, 1.165) is 33.6 Å². The van der Waals surface area contributed by atoms with Crippen molar-refractivity contribution in [2.24, 2.45) is 0 Å².